The van der Waals surface area contributed by atoms with Crippen LogP contribution in [0.4, 0.5) is 5.69 Å². The number of hydrogen-bond acceptors (Lipinski definition) is 6. The lowest BCUT2D eigenvalue weighted by Crippen LogP contribution is -2.22. The first kappa shape index (κ1) is 22.0. The van der Waals surface area contributed by atoms with Gasteiger partial charge >= 0.3 is 11.9 Å². The number of carbonyl (C=O) groups is 3. The molecule has 0 radical (unpaired) electrons. The summed E-state index contributed by atoms with van der Waals surface area (Å²) >= 11 is 5.87. The van der Waals surface area contributed by atoms with Gasteiger partial charge in [0.15, 0.2) is 6.61 Å². The van der Waals surface area contributed by atoms with Crippen LogP contribution in [0, 0.1) is 25.2 Å². The van der Waals surface area contributed by atoms with Crippen LogP contribution in [0.25, 0.3) is 0 Å². The number of H-pyrrole nitrogens is 1. The van der Waals surface area contributed by atoms with Crippen molar-refractivity contribution in [3.63, 3.8) is 0 Å². The van der Waals surface area contributed by atoms with Crippen LogP contribution in [-0.4, -0.2) is 35.5 Å². The molecule has 0 aliphatic rings. The molecule has 0 bridgehead atoms. The number of nitrogens with zero attached hydrogens (tertiary/aromatic N) is 1. The first-order chi connectivity index (χ1) is 13.6. The minimum absolute atomic E-state index is 0.0616. The van der Waals surface area contributed by atoms with Crippen LogP contribution in [0.1, 0.15) is 51.5 Å². The maximum atomic E-state index is 12.4. The summed E-state index contributed by atoms with van der Waals surface area (Å²) in [5.41, 5.74) is 1.59. The fourth-order valence-electron chi connectivity index (χ4n) is 2.64. The lowest BCUT2D eigenvalue weighted by Gasteiger charge is -2.09. The second-order valence-electron chi connectivity index (χ2n) is 6.51. The van der Waals surface area contributed by atoms with Crippen molar-refractivity contribution in [3.05, 3.63) is 51.3 Å². The Morgan fingerprint density at radius 3 is 2.55 bits per heavy atom. The van der Waals surface area contributed by atoms with E-state index in [4.69, 9.17) is 26.3 Å². The van der Waals surface area contributed by atoms with Crippen LogP contribution in [0.5, 0.6) is 0 Å². The largest absolute Gasteiger partial charge is 0.459 e. The highest BCUT2D eigenvalue weighted by molar-refractivity contribution is 6.31. The molecule has 1 aromatic carbocycles. The van der Waals surface area contributed by atoms with Gasteiger partial charge in [0.1, 0.15) is 11.8 Å². The smallest absolute Gasteiger partial charge is 0.355 e. The van der Waals surface area contributed by atoms with Crippen LogP contribution < -0.4 is 5.32 Å². The van der Waals surface area contributed by atoms with Crippen molar-refractivity contribution >= 4 is 35.1 Å². The number of ether oxygens (including phenoxy) is 2. The van der Waals surface area contributed by atoms with Crippen molar-refractivity contribution < 1.29 is 23.9 Å². The van der Waals surface area contributed by atoms with E-state index in [9.17, 15) is 14.4 Å². The minimum atomic E-state index is -0.795. The molecule has 0 fully saturated rings. The summed E-state index contributed by atoms with van der Waals surface area (Å²) in [6.45, 7) is 6.08. The Morgan fingerprint density at radius 2 is 1.93 bits per heavy atom. The van der Waals surface area contributed by atoms with E-state index in [2.05, 4.69) is 10.3 Å². The second-order valence-corrected chi connectivity index (χ2v) is 6.94. The van der Waals surface area contributed by atoms with Crippen LogP contribution in [0.2, 0.25) is 5.02 Å². The van der Waals surface area contributed by atoms with Crippen molar-refractivity contribution in [2.24, 2.45) is 0 Å². The van der Waals surface area contributed by atoms with E-state index in [1.165, 1.54) is 18.2 Å². The zero-order valence-electron chi connectivity index (χ0n) is 16.4. The van der Waals surface area contributed by atoms with Crippen LogP contribution >= 0.6 is 11.6 Å². The van der Waals surface area contributed by atoms with E-state index >= 15 is 0 Å². The van der Waals surface area contributed by atoms with Gasteiger partial charge in [-0.3, -0.25) is 4.79 Å². The molecule has 8 nitrogen and oxygen atoms in total. The lowest BCUT2D eigenvalue weighted by molar-refractivity contribution is -0.119. The number of rotatable bonds is 6. The first-order valence-corrected chi connectivity index (χ1v) is 9.08. The fourth-order valence-corrected chi connectivity index (χ4v) is 2.81. The summed E-state index contributed by atoms with van der Waals surface area (Å²) in [7, 11) is 0. The highest BCUT2D eigenvalue weighted by Crippen LogP contribution is 2.22. The van der Waals surface area contributed by atoms with Gasteiger partial charge in [0.05, 0.1) is 22.9 Å². The highest BCUT2D eigenvalue weighted by atomic mass is 35.5. The number of hydrogen-bond donors (Lipinski definition) is 2. The van der Waals surface area contributed by atoms with E-state index in [-0.39, 0.29) is 28.6 Å². The Labute approximate surface area is 172 Å². The van der Waals surface area contributed by atoms with Crippen molar-refractivity contribution in [1.82, 2.24) is 4.98 Å². The number of amides is 1. The van der Waals surface area contributed by atoms with Gasteiger partial charge in [-0.25, -0.2) is 9.59 Å². The number of halogens is 1. The predicted octanol–water partition coefficient (Wildman–Crippen LogP) is 3.52. The van der Waals surface area contributed by atoms with Gasteiger partial charge in [-0.1, -0.05) is 11.6 Å². The maximum Gasteiger partial charge on any atom is 0.355 e. The second kappa shape index (κ2) is 9.26. The molecule has 0 saturated carbocycles. The van der Waals surface area contributed by atoms with Gasteiger partial charge < -0.3 is 19.8 Å². The zero-order valence-corrected chi connectivity index (χ0v) is 17.1. The van der Waals surface area contributed by atoms with Crippen LogP contribution in [0.15, 0.2) is 18.2 Å². The number of benzene rings is 1. The Balaban J connectivity index is 2.06. The Bertz CT molecular complexity index is 1000. The molecule has 1 aromatic heterocycles. The summed E-state index contributed by atoms with van der Waals surface area (Å²) in [6.07, 6.45) is -0.305. The lowest BCUT2D eigenvalue weighted by atomic mass is 10.1. The number of nitrogens with one attached hydrogen (secondary N) is 2. The van der Waals surface area contributed by atoms with Crippen molar-refractivity contribution in [3.8, 4) is 6.07 Å². The summed E-state index contributed by atoms with van der Waals surface area (Å²) in [6, 6.07) is 6.34. The number of aryl methyl sites for hydroxylation is 1. The molecule has 1 heterocycles. The number of esters is 2. The van der Waals surface area contributed by atoms with Crippen molar-refractivity contribution in [2.45, 2.75) is 33.8 Å². The molecule has 29 heavy (non-hydrogen) atoms. The third-order valence-electron chi connectivity index (χ3n) is 3.90. The zero-order chi connectivity index (χ0) is 21.7. The van der Waals surface area contributed by atoms with Gasteiger partial charge in [-0.15, -0.1) is 0 Å². The van der Waals surface area contributed by atoms with Crippen molar-refractivity contribution in [2.75, 3.05) is 11.9 Å². The van der Waals surface area contributed by atoms with Gasteiger partial charge in [-0.2, -0.15) is 5.26 Å². The Kier molecular flexibility index (Phi) is 7.02. The van der Waals surface area contributed by atoms with E-state index in [0.29, 0.717) is 16.3 Å². The fraction of sp³-hybridized carbons (Fsp3) is 0.300. The topological polar surface area (TPSA) is 121 Å². The SMILES string of the molecule is Cc1[nH]c(C(=O)OCC(=O)Nc2cc(Cl)ccc2C#N)c(C)c1C(=O)OC(C)C. The number of nitriles is 1. The average Bonchev–Trinajstić information content (AvgIpc) is 2.93. The minimum Gasteiger partial charge on any atom is -0.459 e. The molecule has 9 heteroatoms. The highest BCUT2D eigenvalue weighted by Gasteiger charge is 2.25. The molecule has 152 valence electrons. The number of aromatic amines is 1. The summed E-state index contributed by atoms with van der Waals surface area (Å²) in [4.78, 5) is 39.4. The van der Waals surface area contributed by atoms with Crippen LogP contribution in [-0.2, 0) is 14.3 Å². The molecule has 0 atom stereocenters. The first-order valence-electron chi connectivity index (χ1n) is 8.70. The number of aromatic nitrogens is 1. The average molecular weight is 418 g/mol. The molecule has 1 amide bonds. The van der Waals surface area contributed by atoms with E-state index in [1.54, 1.807) is 27.7 Å². The number of anilines is 1. The predicted molar refractivity (Wildman–Crippen MR) is 106 cm³/mol. The molecular formula is C20H20ClN3O5. The van der Waals surface area contributed by atoms with Gasteiger partial charge in [0.25, 0.3) is 5.91 Å². The molecule has 0 unspecified atom stereocenters. The molecule has 0 spiro atoms. The Hall–Kier alpha value is -3.31. The molecule has 2 rings (SSSR count). The molecule has 0 saturated heterocycles. The van der Waals surface area contributed by atoms with Gasteiger partial charge in [0, 0.05) is 10.7 Å². The summed E-state index contributed by atoms with van der Waals surface area (Å²) in [5, 5.41) is 11.9. The molecule has 2 aromatic rings. The number of carbonyl (C=O) groups excluding carboxylic acids is 3. The third-order valence-corrected chi connectivity index (χ3v) is 4.13. The maximum absolute atomic E-state index is 12.4. The molecule has 0 aliphatic heterocycles. The normalized spacial score (nSPS) is 10.4. The van der Waals surface area contributed by atoms with Crippen molar-refractivity contribution in [1.29, 1.82) is 5.26 Å². The van der Waals surface area contributed by atoms with E-state index in [0.717, 1.165) is 0 Å². The quantitative estimate of drug-likeness (QED) is 0.693. The standard InChI is InChI=1S/C20H20ClN3O5/c1-10(2)29-19(26)17-11(3)18(23-12(17)4)20(27)28-9-16(25)24-15-7-14(21)6-5-13(15)8-22/h5-7,10,23H,9H2,1-4H3,(H,24,25). The summed E-state index contributed by atoms with van der Waals surface area (Å²) in [5.74, 6) is -1.98. The molecule has 2 N–H and O–H groups in total. The van der Waals surface area contributed by atoms with Crippen LogP contribution in [0.3, 0.4) is 0 Å². The Morgan fingerprint density at radius 1 is 1.24 bits per heavy atom. The molecular weight excluding hydrogens is 398 g/mol. The van der Waals surface area contributed by atoms with E-state index < -0.39 is 24.5 Å². The van der Waals surface area contributed by atoms with Gasteiger partial charge in [0.2, 0.25) is 0 Å². The van der Waals surface area contributed by atoms with E-state index in [1.807, 2.05) is 6.07 Å². The monoisotopic (exact) mass is 417 g/mol. The molecule has 0 aliphatic carbocycles. The third kappa shape index (κ3) is 5.36. The summed E-state index contributed by atoms with van der Waals surface area (Å²) < 4.78 is 10.2. The van der Waals surface area contributed by atoms with Gasteiger partial charge in [-0.05, 0) is 51.5 Å².